The van der Waals surface area contributed by atoms with Crippen molar-refractivity contribution in [2.75, 3.05) is 6.67 Å². The Morgan fingerprint density at radius 2 is 1.78 bits per heavy atom. The lowest BCUT2D eigenvalue weighted by atomic mass is 10.1. The van der Waals surface area contributed by atoms with Crippen LogP contribution in [-0.4, -0.2) is 31.3 Å². The van der Waals surface area contributed by atoms with Crippen molar-refractivity contribution < 1.29 is 17.6 Å². The lowest BCUT2D eigenvalue weighted by molar-refractivity contribution is -0.122. The average Bonchev–Trinajstić information content (AvgIpc) is 2.65. The maximum Gasteiger partial charge on any atom is 0.244 e. The topological polar surface area (TPSA) is 104 Å². The van der Waals surface area contributed by atoms with Gasteiger partial charge in [-0.15, -0.1) is 0 Å². The van der Waals surface area contributed by atoms with Crippen molar-refractivity contribution in [3.8, 4) is 6.07 Å². The first-order valence-corrected chi connectivity index (χ1v) is 9.73. The predicted octanol–water partition coefficient (Wildman–Crippen LogP) is 2.62. The number of sulfonamides is 1. The number of hydrogen-bond donors (Lipinski definition) is 1. The molecule has 0 aliphatic carbocycles. The van der Waals surface area contributed by atoms with Crippen LogP contribution < -0.4 is 5.73 Å². The number of nitrogens with zero attached hydrogens (tertiary/aromatic N) is 2. The molecular formula is C18H17ClFN3O3S. The third-order valence-electron chi connectivity index (χ3n) is 3.90. The Bertz CT molecular complexity index is 941. The third-order valence-corrected chi connectivity index (χ3v) is 6.02. The summed E-state index contributed by atoms with van der Waals surface area (Å²) >= 11 is 5.80. The lowest BCUT2D eigenvalue weighted by Crippen LogP contribution is -2.47. The maximum absolute atomic E-state index is 13.1. The molecule has 2 aromatic rings. The molecule has 0 saturated carbocycles. The van der Waals surface area contributed by atoms with Gasteiger partial charge in [0.1, 0.15) is 6.04 Å². The summed E-state index contributed by atoms with van der Waals surface area (Å²) in [6, 6.07) is 12.2. The van der Waals surface area contributed by atoms with Crippen molar-refractivity contribution in [3.05, 3.63) is 64.7 Å². The van der Waals surface area contributed by atoms with Crippen LogP contribution in [0.25, 0.3) is 0 Å². The minimum absolute atomic E-state index is 0.0920. The highest BCUT2D eigenvalue weighted by Crippen LogP contribution is 2.24. The molecule has 2 aromatic carbocycles. The van der Waals surface area contributed by atoms with Crippen molar-refractivity contribution in [3.63, 3.8) is 0 Å². The van der Waals surface area contributed by atoms with E-state index in [0.717, 1.165) is 4.31 Å². The van der Waals surface area contributed by atoms with Crippen molar-refractivity contribution in [2.45, 2.75) is 23.9 Å². The lowest BCUT2D eigenvalue weighted by Gasteiger charge is -2.28. The van der Waals surface area contributed by atoms with E-state index < -0.39 is 28.6 Å². The summed E-state index contributed by atoms with van der Waals surface area (Å²) in [5.41, 5.74) is 6.27. The molecule has 2 rings (SSSR count). The maximum atomic E-state index is 13.1. The number of benzene rings is 2. The quantitative estimate of drug-likeness (QED) is 0.723. The Labute approximate surface area is 162 Å². The number of carbonyl (C=O) groups excluding carboxylic acids is 1. The predicted molar refractivity (Wildman–Crippen MR) is 98.9 cm³/mol. The van der Waals surface area contributed by atoms with E-state index >= 15 is 0 Å². The van der Waals surface area contributed by atoms with Gasteiger partial charge in [-0.1, -0.05) is 23.7 Å². The molecule has 0 heterocycles. The molecule has 0 aromatic heterocycles. The van der Waals surface area contributed by atoms with Gasteiger partial charge in [0.25, 0.3) is 0 Å². The Morgan fingerprint density at radius 3 is 2.26 bits per heavy atom. The van der Waals surface area contributed by atoms with Crippen molar-refractivity contribution in [2.24, 2.45) is 5.73 Å². The fraction of sp³-hybridized carbons (Fsp3) is 0.222. The molecule has 27 heavy (non-hydrogen) atoms. The van der Waals surface area contributed by atoms with Gasteiger partial charge in [0, 0.05) is 18.0 Å². The van der Waals surface area contributed by atoms with Gasteiger partial charge in [-0.25, -0.2) is 8.42 Å². The number of primary amides is 1. The highest BCUT2D eigenvalue weighted by Gasteiger charge is 2.34. The Hall–Kier alpha value is -2.47. The standard InChI is InChI=1S/C18H17ClFN3O3S/c19-15-5-7-16(8-6-15)27(25,26)23(17(9-10-20)18(22)24)12-14-3-1-13(11-21)2-4-14/h1-8,17H,9-10,12H2,(H2,22,24)/t17-/m1/s1. The minimum Gasteiger partial charge on any atom is -0.368 e. The number of halogens is 2. The second-order valence-electron chi connectivity index (χ2n) is 5.71. The smallest absolute Gasteiger partial charge is 0.244 e. The monoisotopic (exact) mass is 409 g/mol. The number of amides is 1. The fourth-order valence-corrected chi connectivity index (χ4v) is 4.24. The van der Waals surface area contributed by atoms with Gasteiger partial charge in [0.15, 0.2) is 0 Å². The highest BCUT2D eigenvalue weighted by atomic mass is 35.5. The zero-order chi connectivity index (χ0) is 20.0. The average molecular weight is 410 g/mol. The molecule has 0 saturated heterocycles. The Kier molecular flexibility index (Phi) is 6.91. The van der Waals surface area contributed by atoms with Crippen LogP contribution in [0.5, 0.6) is 0 Å². The number of hydrogen-bond acceptors (Lipinski definition) is 4. The highest BCUT2D eigenvalue weighted by molar-refractivity contribution is 7.89. The van der Waals surface area contributed by atoms with Crippen LogP contribution in [0.1, 0.15) is 17.5 Å². The number of nitrogens with two attached hydrogens (primary N) is 1. The second-order valence-corrected chi connectivity index (χ2v) is 8.04. The first-order chi connectivity index (χ1) is 12.8. The number of rotatable bonds is 8. The first-order valence-electron chi connectivity index (χ1n) is 7.91. The number of alkyl halides is 1. The molecule has 0 bridgehead atoms. The number of carbonyl (C=O) groups is 1. The van der Waals surface area contributed by atoms with Crippen molar-refractivity contribution in [1.82, 2.24) is 4.31 Å². The van der Waals surface area contributed by atoms with E-state index in [1.807, 2.05) is 6.07 Å². The second kappa shape index (κ2) is 8.95. The third kappa shape index (κ3) is 5.04. The summed E-state index contributed by atoms with van der Waals surface area (Å²) in [6.45, 7) is -1.11. The van der Waals surface area contributed by atoms with Crippen LogP contribution in [0.3, 0.4) is 0 Å². The van der Waals surface area contributed by atoms with E-state index in [4.69, 9.17) is 22.6 Å². The molecule has 6 nitrogen and oxygen atoms in total. The molecule has 0 fully saturated rings. The van der Waals surface area contributed by atoms with E-state index in [0.29, 0.717) is 16.1 Å². The Balaban J connectivity index is 2.48. The van der Waals surface area contributed by atoms with E-state index in [1.54, 1.807) is 12.1 Å². The summed E-state index contributed by atoms with van der Waals surface area (Å²) in [7, 11) is -4.16. The van der Waals surface area contributed by atoms with Gasteiger partial charge in [0.05, 0.1) is 23.2 Å². The molecular weight excluding hydrogens is 393 g/mol. The van der Waals surface area contributed by atoms with Gasteiger partial charge < -0.3 is 5.73 Å². The van der Waals surface area contributed by atoms with E-state index in [2.05, 4.69) is 0 Å². The molecule has 0 aliphatic heterocycles. The molecule has 0 spiro atoms. The summed E-state index contributed by atoms with van der Waals surface area (Å²) in [6.07, 6.45) is -0.363. The summed E-state index contributed by atoms with van der Waals surface area (Å²) in [5, 5.41) is 9.22. The van der Waals surface area contributed by atoms with Crippen LogP contribution in [0.2, 0.25) is 5.02 Å². The Morgan fingerprint density at radius 1 is 1.19 bits per heavy atom. The van der Waals surface area contributed by atoms with Gasteiger partial charge >= 0.3 is 0 Å². The molecule has 0 radical (unpaired) electrons. The zero-order valence-electron chi connectivity index (χ0n) is 14.2. The van der Waals surface area contributed by atoms with Crippen LogP contribution in [0.15, 0.2) is 53.4 Å². The minimum atomic E-state index is -4.16. The van der Waals surface area contributed by atoms with Crippen molar-refractivity contribution in [1.29, 1.82) is 5.26 Å². The van der Waals surface area contributed by atoms with Crippen LogP contribution in [-0.2, 0) is 21.4 Å². The SMILES string of the molecule is N#Cc1ccc(CN([C@H](CCF)C(N)=O)S(=O)(=O)c2ccc(Cl)cc2)cc1. The van der Waals surface area contributed by atoms with Crippen LogP contribution in [0, 0.1) is 11.3 Å². The first kappa shape index (κ1) is 20.8. The molecule has 9 heteroatoms. The van der Waals surface area contributed by atoms with Crippen LogP contribution >= 0.6 is 11.6 Å². The molecule has 2 N–H and O–H groups in total. The van der Waals surface area contributed by atoms with E-state index in [-0.39, 0.29) is 17.9 Å². The fourth-order valence-electron chi connectivity index (χ4n) is 2.50. The summed E-state index contributed by atoms with van der Waals surface area (Å²) < 4.78 is 40.0. The molecule has 0 unspecified atom stereocenters. The molecule has 1 atom stereocenters. The summed E-state index contributed by atoms with van der Waals surface area (Å²) in [5.74, 6) is -0.946. The normalized spacial score (nSPS) is 12.5. The number of nitriles is 1. The summed E-state index contributed by atoms with van der Waals surface area (Å²) in [4.78, 5) is 11.7. The van der Waals surface area contributed by atoms with Gasteiger partial charge in [-0.3, -0.25) is 9.18 Å². The van der Waals surface area contributed by atoms with Gasteiger partial charge in [-0.2, -0.15) is 9.57 Å². The molecule has 1 amide bonds. The largest absolute Gasteiger partial charge is 0.368 e. The zero-order valence-corrected chi connectivity index (χ0v) is 15.8. The molecule has 0 aliphatic rings. The van der Waals surface area contributed by atoms with Crippen LogP contribution in [0.4, 0.5) is 4.39 Å². The van der Waals surface area contributed by atoms with E-state index in [1.165, 1.54) is 36.4 Å². The van der Waals surface area contributed by atoms with Gasteiger partial charge in [0.2, 0.25) is 15.9 Å². The van der Waals surface area contributed by atoms with Crippen molar-refractivity contribution >= 4 is 27.5 Å². The van der Waals surface area contributed by atoms with E-state index in [9.17, 15) is 17.6 Å². The van der Waals surface area contributed by atoms with Gasteiger partial charge in [-0.05, 0) is 42.0 Å². The molecule has 142 valence electrons.